The molecule has 1 heterocycles. The van der Waals surface area contributed by atoms with E-state index in [1.807, 2.05) is 0 Å². The van der Waals surface area contributed by atoms with Gasteiger partial charge in [0.05, 0.1) is 16.6 Å². The summed E-state index contributed by atoms with van der Waals surface area (Å²) in [6.07, 6.45) is -4.55. The third kappa shape index (κ3) is 5.36. The Bertz CT molecular complexity index is 1160. The van der Waals surface area contributed by atoms with Crippen LogP contribution < -0.4 is 10.6 Å². The average molecular weight is 439 g/mol. The van der Waals surface area contributed by atoms with E-state index in [4.69, 9.17) is 0 Å². The highest BCUT2D eigenvalue weighted by molar-refractivity contribution is 6.11. The zero-order valence-corrected chi connectivity index (χ0v) is 16.7. The van der Waals surface area contributed by atoms with Crippen LogP contribution in [-0.2, 0) is 6.18 Å². The molecule has 31 heavy (non-hydrogen) atoms. The van der Waals surface area contributed by atoms with E-state index >= 15 is 0 Å². The Labute approximate surface area is 173 Å². The highest BCUT2D eigenvalue weighted by Crippen LogP contribution is 2.32. The van der Waals surface area contributed by atoms with Crippen molar-refractivity contribution in [3.05, 3.63) is 59.2 Å². The van der Waals surface area contributed by atoms with E-state index in [1.165, 1.54) is 6.07 Å². The van der Waals surface area contributed by atoms with Gasteiger partial charge in [0.2, 0.25) is 5.96 Å². The summed E-state index contributed by atoms with van der Waals surface area (Å²) in [5, 5.41) is 11.8. The molecule has 3 N–H and O–H groups in total. The second-order valence-corrected chi connectivity index (χ2v) is 7.67. The average Bonchev–Trinajstić information content (AvgIpc) is 3.04. The molecule has 1 amide bonds. The molecule has 0 bridgehead atoms. The van der Waals surface area contributed by atoms with Crippen LogP contribution in [0.1, 0.15) is 36.7 Å². The number of aliphatic imine (C=N–C) groups is 1. The van der Waals surface area contributed by atoms with Crippen LogP contribution >= 0.6 is 0 Å². The van der Waals surface area contributed by atoms with Crippen LogP contribution in [0.3, 0.4) is 0 Å². The zero-order valence-electron chi connectivity index (χ0n) is 16.7. The summed E-state index contributed by atoms with van der Waals surface area (Å²) in [6.45, 7) is 5.18. The summed E-state index contributed by atoms with van der Waals surface area (Å²) in [5.74, 6) is -3.25. The van der Waals surface area contributed by atoms with Crippen molar-refractivity contribution in [3.8, 4) is 0 Å². The van der Waals surface area contributed by atoms with Gasteiger partial charge in [0, 0.05) is 10.9 Å². The van der Waals surface area contributed by atoms with Gasteiger partial charge in [-0.1, -0.05) is 0 Å². The molecule has 0 atom stereocenters. The molecule has 0 aliphatic carbocycles. The Morgan fingerprint density at radius 2 is 1.74 bits per heavy atom. The highest BCUT2D eigenvalue weighted by atomic mass is 19.4. The molecule has 2 aromatic carbocycles. The van der Waals surface area contributed by atoms with Gasteiger partial charge >= 0.3 is 6.18 Å². The van der Waals surface area contributed by atoms with Crippen molar-refractivity contribution in [1.82, 2.24) is 15.5 Å². The number of benzene rings is 2. The van der Waals surface area contributed by atoms with Crippen LogP contribution in [0.25, 0.3) is 10.9 Å². The minimum absolute atomic E-state index is 0.00492. The van der Waals surface area contributed by atoms with Crippen molar-refractivity contribution >= 4 is 28.6 Å². The van der Waals surface area contributed by atoms with Gasteiger partial charge in [0.15, 0.2) is 17.5 Å². The molecule has 6 nitrogen and oxygen atoms in total. The lowest BCUT2D eigenvalue weighted by molar-refractivity contribution is -0.137. The molecular weight excluding hydrogens is 421 g/mol. The molecule has 0 aliphatic rings. The van der Waals surface area contributed by atoms with Gasteiger partial charge in [-0.05, 0) is 57.2 Å². The highest BCUT2D eigenvalue weighted by Gasteiger charge is 2.31. The number of guanidine groups is 1. The monoisotopic (exact) mass is 439 g/mol. The molecule has 0 unspecified atom stereocenters. The molecule has 3 rings (SSSR count). The number of anilines is 1. The Morgan fingerprint density at radius 3 is 2.35 bits per heavy atom. The quantitative estimate of drug-likeness (QED) is 0.303. The second kappa shape index (κ2) is 7.97. The maximum atomic E-state index is 13.5. The molecule has 0 saturated carbocycles. The first-order chi connectivity index (χ1) is 14.3. The lowest BCUT2D eigenvalue weighted by atomic mass is 10.1. The smallest absolute Gasteiger partial charge is 0.309 e. The Morgan fingerprint density at radius 1 is 1.03 bits per heavy atom. The number of amides is 1. The molecule has 0 spiro atoms. The molecular formula is C20H18F5N5O. The normalized spacial score (nSPS) is 12.8. The summed E-state index contributed by atoms with van der Waals surface area (Å²) < 4.78 is 65.8. The number of hydrogen-bond donors (Lipinski definition) is 3. The summed E-state index contributed by atoms with van der Waals surface area (Å²) in [5.41, 5.74) is -1.41. The molecule has 0 radical (unpaired) electrons. The number of hydrogen-bond acceptors (Lipinski definition) is 3. The van der Waals surface area contributed by atoms with Crippen LogP contribution in [0, 0.1) is 11.6 Å². The van der Waals surface area contributed by atoms with Crippen molar-refractivity contribution in [2.45, 2.75) is 32.5 Å². The lowest BCUT2D eigenvalue weighted by Gasteiger charge is -2.17. The molecule has 0 aliphatic heterocycles. The SMILES string of the molecule is CC(C)(C)N=C(NC(=O)c1ccc(F)c(F)c1)Nc1n[nH]c2ccc(C(F)(F)F)cc12. The number of fused-ring (bicyclic) bond motifs is 1. The van der Waals surface area contributed by atoms with Gasteiger partial charge in [-0.2, -0.15) is 18.3 Å². The molecule has 1 aromatic heterocycles. The van der Waals surface area contributed by atoms with Crippen molar-refractivity contribution in [2.75, 3.05) is 5.32 Å². The summed E-state index contributed by atoms with van der Waals surface area (Å²) in [6, 6.07) is 5.67. The van der Waals surface area contributed by atoms with E-state index in [9.17, 15) is 26.7 Å². The van der Waals surface area contributed by atoms with Crippen LogP contribution in [0.2, 0.25) is 0 Å². The minimum Gasteiger partial charge on any atom is -0.309 e. The van der Waals surface area contributed by atoms with Gasteiger partial charge in [-0.15, -0.1) is 0 Å². The van der Waals surface area contributed by atoms with E-state index in [2.05, 4.69) is 25.8 Å². The van der Waals surface area contributed by atoms with E-state index in [-0.39, 0.29) is 22.7 Å². The van der Waals surface area contributed by atoms with Gasteiger partial charge < -0.3 is 5.32 Å². The fraction of sp³-hybridized carbons (Fsp3) is 0.250. The molecule has 3 aromatic rings. The number of rotatable bonds is 2. The summed E-state index contributed by atoms with van der Waals surface area (Å²) in [4.78, 5) is 16.8. The first kappa shape index (κ1) is 22.2. The van der Waals surface area contributed by atoms with E-state index in [0.29, 0.717) is 5.52 Å². The van der Waals surface area contributed by atoms with E-state index in [1.54, 1.807) is 20.8 Å². The molecule has 164 valence electrons. The predicted molar refractivity (Wildman–Crippen MR) is 106 cm³/mol. The number of halogens is 5. The third-order valence-electron chi connectivity index (χ3n) is 3.99. The number of aromatic nitrogens is 2. The standard InChI is InChI=1S/C20H18F5N5O/c1-19(2,3)28-18(27-17(31)10-4-6-13(21)14(22)8-10)26-16-12-9-11(20(23,24)25)5-7-15(12)29-30-16/h4-9H,1-3H3,(H3,26,27,28,29,30,31). The van der Waals surface area contributed by atoms with Crippen molar-refractivity contribution in [1.29, 1.82) is 0 Å². The Kier molecular flexibility index (Phi) is 5.70. The van der Waals surface area contributed by atoms with Gasteiger partial charge in [-0.25, -0.2) is 13.8 Å². The Hall–Kier alpha value is -3.50. The fourth-order valence-electron chi connectivity index (χ4n) is 2.64. The molecule has 0 saturated heterocycles. The lowest BCUT2D eigenvalue weighted by Crippen LogP contribution is -2.38. The number of nitrogens with zero attached hydrogens (tertiary/aromatic N) is 2. The molecule has 0 fully saturated rings. The fourth-order valence-corrected chi connectivity index (χ4v) is 2.64. The van der Waals surface area contributed by atoms with E-state index in [0.717, 1.165) is 30.3 Å². The largest absolute Gasteiger partial charge is 0.416 e. The number of nitrogens with one attached hydrogen (secondary N) is 3. The van der Waals surface area contributed by atoms with Crippen LogP contribution in [0.4, 0.5) is 27.8 Å². The molecule has 11 heteroatoms. The summed E-state index contributed by atoms with van der Waals surface area (Å²) >= 11 is 0. The number of H-pyrrole nitrogens is 1. The Balaban J connectivity index is 1.94. The van der Waals surface area contributed by atoms with E-state index < -0.39 is 34.8 Å². The van der Waals surface area contributed by atoms with Crippen molar-refractivity contribution in [2.24, 2.45) is 4.99 Å². The second-order valence-electron chi connectivity index (χ2n) is 7.67. The predicted octanol–water partition coefficient (Wildman–Crippen LogP) is 4.86. The number of carbonyl (C=O) groups excluding carboxylic acids is 1. The minimum atomic E-state index is -4.55. The number of carbonyl (C=O) groups is 1. The number of alkyl halides is 3. The first-order valence-electron chi connectivity index (χ1n) is 9.02. The van der Waals surface area contributed by atoms with Crippen molar-refractivity contribution in [3.63, 3.8) is 0 Å². The van der Waals surface area contributed by atoms with Crippen molar-refractivity contribution < 1.29 is 26.7 Å². The number of aromatic amines is 1. The van der Waals surface area contributed by atoms with Crippen LogP contribution in [0.5, 0.6) is 0 Å². The zero-order chi connectivity index (χ0) is 23.0. The topological polar surface area (TPSA) is 82.2 Å². The maximum Gasteiger partial charge on any atom is 0.416 e. The van der Waals surface area contributed by atoms with Gasteiger partial charge in [-0.3, -0.25) is 15.2 Å². The first-order valence-corrected chi connectivity index (χ1v) is 9.02. The maximum absolute atomic E-state index is 13.5. The van der Waals surface area contributed by atoms with Crippen LogP contribution in [-0.4, -0.2) is 27.6 Å². The summed E-state index contributed by atoms with van der Waals surface area (Å²) in [7, 11) is 0. The van der Waals surface area contributed by atoms with Gasteiger partial charge in [0.25, 0.3) is 5.91 Å². The van der Waals surface area contributed by atoms with Gasteiger partial charge in [0.1, 0.15) is 0 Å². The third-order valence-corrected chi connectivity index (χ3v) is 3.99. The van der Waals surface area contributed by atoms with Crippen LogP contribution in [0.15, 0.2) is 41.4 Å².